The van der Waals surface area contributed by atoms with Gasteiger partial charge in [-0.15, -0.1) is 0 Å². The topological polar surface area (TPSA) is 156 Å². The van der Waals surface area contributed by atoms with E-state index in [0.717, 1.165) is 6.33 Å². The summed E-state index contributed by atoms with van der Waals surface area (Å²) in [5.74, 6) is -0.650. The molecule has 0 aromatic carbocycles. The van der Waals surface area contributed by atoms with Crippen LogP contribution in [-0.2, 0) is 4.74 Å². The highest BCUT2D eigenvalue weighted by Crippen LogP contribution is 2.31. The number of amides is 2. The quantitative estimate of drug-likeness (QED) is 0.510. The molecule has 1 saturated heterocycles. The van der Waals surface area contributed by atoms with Crippen LogP contribution in [-0.4, -0.2) is 69.6 Å². The Morgan fingerprint density at radius 3 is 2.60 bits per heavy atom. The standard InChI is InChI=1S/C17H20N8O5/c1-2-30-17(27)24-9-7-23(8-10-24)15-13(25(28)29)14(19-11-20-15)21-22-16(26)12-5-3-4-6-18-12/h3-6,11H,2,7-10H2,1H3,(H,22,26)(H,19,20,21). The summed E-state index contributed by atoms with van der Waals surface area (Å²) in [6.07, 6.45) is 2.19. The molecule has 2 amide bonds. The molecule has 158 valence electrons. The molecule has 0 atom stereocenters. The second kappa shape index (κ2) is 9.45. The minimum atomic E-state index is -0.623. The molecular formula is C17H20N8O5. The Morgan fingerprint density at radius 1 is 1.20 bits per heavy atom. The first-order valence-corrected chi connectivity index (χ1v) is 9.14. The molecule has 1 fully saturated rings. The Morgan fingerprint density at radius 2 is 1.97 bits per heavy atom. The van der Waals surface area contributed by atoms with Gasteiger partial charge in [-0.3, -0.25) is 30.7 Å². The van der Waals surface area contributed by atoms with Crippen LogP contribution in [0.25, 0.3) is 0 Å². The molecule has 3 rings (SSSR count). The van der Waals surface area contributed by atoms with Crippen molar-refractivity contribution in [3.05, 3.63) is 46.5 Å². The number of hydrogen-bond donors (Lipinski definition) is 2. The summed E-state index contributed by atoms with van der Waals surface area (Å²) in [4.78, 5) is 50.1. The molecule has 0 spiro atoms. The van der Waals surface area contributed by atoms with Crippen molar-refractivity contribution in [2.75, 3.05) is 43.1 Å². The first-order valence-electron chi connectivity index (χ1n) is 9.14. The van der Waals surface area contributed by atoms with E-state index in [1.807, 2.05) is 0 Å². The SMILES string of the molecule is CCOC(=O)N1CCN(c2ncnc(NNC(=O)c3ccccn3)c2[N+](=O)[O-])CC1. The molecule has 0 saturated carbocycles. The highest BCUT2D eigenvalue weighted by atomic mass is 16.6. The van der Waals surface area contributed by atoms with Crippen molar-refractivity contribution in [3.8, 4) is 0 Å². The highest BCUT2D eigenvalue weighted by molar-refractivity contribution is 5.93. The number of nitro groups is 1. The van der Waals surface area contributed by atoms with Crippen molar-refractivity contribution in [2.24, 2.45) is 0 Å². The monoisotopic (exact) mass is 416 g/mol. The average Bonchev–Trinajstić information content (AvgIpc) is 2.78. The number of rotatable bonds is 6. The maximum Gasteiger partial charge on any atom is 0.409 e. The van der Waals surface area contributed by atoms with Crippen LogP contribution < -0.4 is 15.8 Å². The zero-order valence-corrected chi connectivity index (χ0v) is 16.1. The van der Waals surface area contributed by atoms with Gasteiger partial charge in [0.25, 0.3) is 5.91 Å². The van der Waals surface area contributed by atoms with Gasteiger partial charge in [-0.2, -0.15) is 0 Å². The lowest BCUT2D eigenvalue weighted by Crippen LogP contribution is -2.49. The van der Waals surface area contributed by atoms with Gasteiger partial charge in [-0.1, -0.05) is 6.07 Å². The van der Waals surface area contributed by atoms with Gasteiger partial charge in [0.15, 0.2) is 0 Å². The molecule has 3 heterocycles. The summed E-state index contributed by atoms with van der Waals surface area (Å²) < 4.78 is 4.97. The fraction of sp³-hybridized carbons (Fsp3) is 0.353. The van der Waals surface area contributed by atoms with Gasteiger partial charge in [0, 0.05) is 32.4 Å². The summed E-state index contributed by atoms with van der Waals surface area (Å²) in [6, 6.07) is 4.80. The Labute approximate surface area is 171 Å². The minimum Gasteiger partial charge on any atom is -0.450 e. The Hall–Kier alpha value is -4.03. The van der Waals surface area contributed by atoms with Crippen LogP contribution in [0.1, 0.15) is 17.4 Å². The molecule has 13 heteroatoms. The van der Waals surface area contributed by atoms with E-state index < -0.39 is 16.9 Å². The summed E-state index contributed by atoms with van der Waals surface area (Å²) in [5, 5.41) is 11.7. The lowest BCUT2D eigenvalue weighted by Gasteiger charge is -2.34. The Bertz CT molecular complexity index is 918. The molecule has 30 heavy (non-hydrogen) atoms. The number of nitrogens with one attached hydrogen (secondary N) is 2. The molecule has 0 aliphatic carbocycles. The van der Waals surface area contributed by atoms with Crippen molar-refractivity contribution >= 4 is 29.3 Å². The van der Waals surface area contributed by atoms with E-state index in [4.69, 9.17) is 4.74 Å². The fourth-order valence-corrected chi connectivity index (χ4v) is 2.85. The Balaban J connectivity index is 1.73. The van der Waals surface area contributed by atoms with Gasteiger partial charge < -0.3 is 14.5 Å². The zero-order valence-electron chi connectivity index (χ0n) is 16.1. The average molecular weight is 416 g/mol. The van der Waals surface area contributed by atoms with Crippen molar-refractivity contribution < 1.29 is 19.2 Å². The number of hydrazine groups is 1. The number of nitrogens with zero attached hydrogens (tertiary/aromatic N) is 6. The molecule has 0 bridgehead atoms. The number of aromatic nitrogens is 3. The largest absolute Gasteiger partial charge is 0.450 e. The van der Waals surface area contributed by atoms with Gasteiger partial charge in [-0.05, 0) is 19.1 Å². The maximum absolute atomic E-state index is 12.1. The number of carbonyl (C=O) groups is 2. The van der Waals surface area contributed by atoms with Crippen LogP contribution in [0.2, 0.25) is 0 Å². The predicted molar refractivity (Wildman–Crippen MR) is 105 cm³/mol. The van der Waals surface area contributed by atoms with Crippen LogP contribution >= 0.6 is 0 Å². The molecule has 0 radical (unpaired) electrons. The van der Waals surface area contributed by atoms with Gasteiger partial charge in [-0.25, -0.2) is 14.8 Å². The zero-order chi connectivity index (χ0) is 21.5. The van der Waals surface area contributed by atoms with E-state index in [-0.39, 0.29) is 29.6 Å². The van der Waals surface area contributed by atoms with Crippen LogP contribution in [0.4, 0.5) is 22.1 Å². The van der Waals surface area contributed by atoms with E-state index >= 15 is 0 Å². The minimum absolute atomic E-state index is 0.0908. The third-order valence-corrected chi connectivity index (χ3v) is 4.28. The lowest BCUT2D eigenvalue weighted by atomic mass is 10.3. The second-order valence-corrected chi connectivity index (χ2v) is 6.12. The van der Waals surface area contributed by atoms with Crippen molar-refractivity contribution in [2.45, 2.75) is 6.92 Å². The predicted octanol–water partition coefficient (Wildman–Crippen LogP) is 0.815. The molecule has 13 nitrogen and oxygen atoms in total. The van der Waals surface area contributed by atoms with Crippen LogP contribution in [0.3, 0.4) is 0 Å². The molecule has 0 unspecified atom stereocenters. The lowest BCUT2D eigenvalue weighted by molar-refractivity contribution is -0.383. The highest BCUT2D eigenvalue weighted by Gasteiger charge is 2.30. The third-order valence-electron chi connectivity index (χ3n) is 4.28. The van der Waals surface area contributed by atoms with Crippen molar-refractivity contribution in [3.63, 3.8) is 0 Å². The number of ether oxygens (including phenoxy) is 1. The normalized spacial score (nSPS) is 13.5. The first kappa shape index (κ1) is 20.7. The summed E-state index contributed by atoms with van der Waals surface area (Å²) in [5.41, 5.74) is 4.57. The number of pyridine rings is 1. The number of anilines is 2. The molecule has 2 aromatic rings. The smallest absolute Gasteiger partial charge is 0.409 e. The third kappa shape index (κ3) is 4.68. The van der Waals surface area contributed by atoms with Crippen molar-refractivity contribution in [1.82, 2.24) is 25.3 Å². The van der Waals surface area contributed by atoms with Crippen LogP contribution in [0.15, 0.2) is 30.7 Å². The van der Waals surface area contributed by atoms with Crippen LogP contribution in [0, 0.1) is 10.1 Å². The fourth-order valence-electron chi connectivity index (χ4n) is 2.85. The van der Waals surface area contributed by atoms with E-state index in [1.54, 1.807) is 24.0 Å². The molecular weight excluding hydrogens is 396 g/mol. The van der Waals surface area contributed by atoms with Gasteiger partial charge in [0.1, 0.15) is 12.0 Å². The summed E-state index contributed by atoms with van der Waals surface area (Å²) >= 11 is 0. The first-order chi connectivity index (χ1) is 14.5. The van der Waals surface area contributed by atoms with Gasteiger partial charge >= 0.3 is 11.8 Å². The van der Waals surface area contributed by atoms with E-state index in [1.165, 1.54) is 17.2 Å². The second-order valence-electron chi connectivity index (χ2n) is 6.12. The van der Waals surface area contributed by atoms with E-state index in [0.29, 0.717) is 26.2 Å². The molecule has 2 aromatic heterocycles. The van der Waals surface area contributed by atoms with E-state index in [2.05, 4.69) is 25.8 Å². The number of carbonyl (C=O) groups excluding carboxylic acids is 2. The molecule has 1 aliphatic rings. The van der Waals surface area contributed by atoms with Gasteiger partial charge in [0.05, 0.1) is 11.5 Å². The maximum atomic E-state index is 12.1. The van der Waals surface area contributed by atoms with E-state index in [9.17, 15) is 19.7 Å². The Kier molecular flexibility index (Phi) is 6.52. The summed E-state index contributed by atoms with van der Waals surface area (Å²) in [6.45, 7) is 3.32. The van der Waals surface area contributed by atoms with Crippen LogP contribution in [0.5, 0.6) is 0 Å². The molecule has 1 aliphatic heterocycles. The van der Waals surface area contributed by atoms with Gasteiger partial charge in [0.2, 0.25) is 11.6 Å². The number of piperazine rings is 1. The summed E-state index contributed by atoms with van der Waals surface area (Å²) in [7, 11) is 0. The van der Waals surface area contributed by atoms with Crippen molar-refractivity contribution in [1.29, 1.82) is 0 Å². The number of hydrogen-bond acceptors (Lipinski definition) is 10. The molecule has 2 N–H and O–H groups in total.